The molecule has 94 valence electrons. The molecule has 1 aromatic heterocycles. The summed E-state index contributed by atoms with van der Waals surface area (Å²) in [4.78, 5) is 16.0. The third-order valence-electron chi connectivity index (χ3n) is 2.69. The number of amides is 1. The molecule has 2 aromatic carbocycles. The van der Waals surface area contributed by atoms with E-state index in [1.165, 1.54) is 30.7 Å². The van der Waals surface area contributed by atoms with E-state index in [1.807, 2.05) is 0 Å². The van der Waals surface area contributed by atoms with Gasteiger partial charge in [0.15, 0.2) is 12.0 Å². The summed E-state index contributed by atoms with van der Waals surface area (Å²) in [6, 6.07) is 10.5. The number of carbonyl (C=O) groups excluding carboxylic acids is 1. The van der Waals surface area contributed by atoms with E-state index < -0.39 is 0 Å². The van der Waals surface area contributed by atoms with Gasteiger partial charge < -0.3 is 9.73 Å². The molecule has 4 nitrogen and oxygen atoms in total. The molecule has 1 N–H and O–H groups in total. The fraction of sp³-hybridized carbons (Fsp3) is 0. The maximum absolute atomic E-state index is 12.8. The Bertz CT molecular complexity index is 735. The summed E-state index contributed by atoms with van der Waals surface area (Å²) in [6.45, 7) is 0. The highest BCUT2D eigenvalue weighted by Crippen LogP contribution is 2.16. The molecular formula is C14H9FN2O2. The topological polar surface area (TPSA) is 55.1 Å². The third kappa shape index (κ3) is 2.30. The van der Waals surface area contributed by atoms with Gasteiger partial charge >= 0.3 is 0 Å². The first-order valence-corrected chi connectivity index (χ1v) is 5.62. The molecule has 5 heteroatoms. The molecule has 0 atom stereocenters. The van der Waals surface area contributed by atoms with E-state index in [2.05, 4.69) is 10.3 Å². The molecule has 0 aliphatic heterocycles. The van der Waals surface area contributed by atoms with Crippen molar-refractivity contribution in [3.05, 3.63) is 60.2 Å². The van der Waals surface area contributed by atoms with Crippen molar-refractivity contribution in [1.29, 1.82) is 0 Å². The van der Waals surface area contributed by atoms with Crippen molar-refractivity contribution in [2.75, 3.05) is 5.32 Å². The zero-order chi connectivity index (χ0) is 13.2. The van der Waals surface area contributed by atoms with Crippen LogP contribution in [0.15, 0.2) is 53.3 Å². The minimum Gasteiger partial charge on any atom is -0.443 e. The number of benzene rings is 2. The second-order valence-corrected chi connectivity index (χ2v) is 4.00. The number of rotatable bonds is 2. The molecule has 0 saturated heterocycles. The van der Waals surface area contributed by atoms with Crippen molar-refractivity contribution in [2.24, 2.45) is 0 Å². The van der Waals surface area contributed by atoms with Crippen LogP contribution in [0.4, 0.5) is 10.1 Å². The lowest BCUT2D eigenvalue weighted by Crippen LogP contribution is -2.11. The van der Waals surface area contributed by atoms with Gasteiger partial charge in [-0.15, -0.1) is 0 Å². The van der Waals surface area contributed by atoms with Gasteiger partial charge in [0.25, 0.3) is 5.91 Å². The Balaban J connectivity index is 1.84. The molecule has 3 aromatic rings. The molecule has 0 saturated carbocycles. The van der Waals surface area contributed by atoms with Gasteiger partial charge in [0.05, 0.1) is 0 Å². The van der Waals surface area contributed by atoms with E-state index in [9.17, 15) is 9.18 Å². The maximum Gasteiger partial charge on any atom is 0.255 e. The monoisotopic (exact) mass is 256 g/mol. The quantitative estimate of drug-likeness (QED) is 0.765. The van der Waals surface area contributed by atoms with E-state index >= 15 is 0 Å². The average molecular weight is 256 g/mol. The number of nitrogens with one attached hydrogen (secondary N) is 1. The molecule has 3 rings (SSSR count). The number of fused-ring (bicyclic) bond motifs is 1. The van der Waals surface area contributed by atoms with Crippen LogP contribution >= 0.6 is 0 Å². The van der Waals surface area contributed by atoms with Crippen LogP contribution < -0.4 is 5.32 Å². The van der Waals surface area contributed by atoms with E-state index in [4.69, 9.17) is 4.42 Å². The largest absolute Gasteiger partial charge is 0.443 e. The van der Waals surface area contributed by atoms with Crippen LogP contribution in [0.1, 0.15) is 10.4 Å². The van der Waals surface area contributed by atoms with Gasteiger partial charge in [-0.25, -0.2) is 9.37 Å². The van der Waals surface area contributed by atoms with E-state index in [1.54, 1.807) is 18.2 Å². The second kappa shape index (κ2) is 4.53. The number of aromatic nitrogens is 1. The smallest absolute Gasteiger partial charge is 0.255 e. The zero-order valence-electron chi connectivity index (χ0n) is 9.76. The van der Waals surface area contributed by atoms with Crippen LogP contribution in [0.25, 0.3) is 11.1 Å². The molecule has 19 heavy (non-hydrogen) atoms. The Morgan fingerprint density at radius 1 is 1.16 bits per heavy atom. The number of anilines is 1. The Hall–Kier alpha value is -2.69. The minimum absolute atomic E-state index is 0.281. The molecule has 0 unspecified atom stereocenters. The lowest BCUT2D eigenvalue weighted by atomic mass is 10.2. The third-order valence-corrected chi connectivity index (χ3v) is 2.69. The summed E-state index contributed by atoms with van der Waals surface area (Å²) < 4.78 is 17.9. The van der Waals surface area contributed by atoms with Crippen molar-refractivity contribution in [1.82, 2.24) is 4.98 Å². The predicted octanol–water partition coefficient (Wildman–Crippen LogP) is 3.22. The number of hydrogen-bond donors (Lipinski definition) is 1. The molecule has 1 amide bonds. The van der Waals surface area contributed by atoms with Crippen LogP contribution in [0.3, 0.4) is 0 Å². The lowest BCUT2D eigenvalue weighted by molar-refractivity contribution is 0.102. The van der Waals surface area contributed by atoms with Crippen molar-refractivity contribution < 1.29 is 13.6 Å². The Morgan fingerprint density at radius 3 is 2.74 bits per heavy atom. The fourth-order valence-electron chi connectivity index (χ4n) is 1.74. The summed E-state index contributed by atoms with van der Waals surface area (Å²) in [5.41, 5.74) is 2.24. The van der Waals surface area contributed by atoms with Gasteiger partial charge in [-0.1, -0.05) is 0 Å². The number of halogens is 1. The van der Waals surface area contributed by atoms with Crippen LogP contribution in [-0.2, 0) is 0 Å². The van der Waals surface area contributed by atoms with Gasteiger partial charge in [-0.05, 0) is 42.5 Å². The first kappa shape index (κ1) is 11.4. The summed E-state index contributed by atoms with van der Waals surface area (Å²) in [6.07, 6.45) is 1.33. The molecule has 0 bridgehead atoms. The molecule has 0 spiro atoms. The highest BCUT2D eigenvalue weighted by atomic mass is 19.1. The summed E-state index contributed by atoms with van der Waals surface area (Å²) in [7, 11) is 0. The fourth-order valence-corrected chi connectivity index (χ4v) is 1.74. The van der Waals surface area contributed by atoms with Crippen molar-refractivity contribution in [3.63, 3.8) is 0 Å². The lowest BCUT2D eigenvalue weighted by Gasteiger charge is -2.04. The maximum atomic E-state index is 12.8. The first-order valence-electron chi connectivity index (χ1n) is 5.62. The Labute approximate surface area is 107 Å². The normalized spacial score (nSPS) is 10.6. The van der Waals surface area contributed by atoms with E-state index in [0.29, 0.717) is 22.4 Å². The van der Waals surface area contributed by atoms with Crippen molar-refractivity contribution >= 4 is 22.7 Å². The Kier molecular flexibility index (Phi) is 2.72. The Morgan fingerprint density at radius 2 is 1.95 bits per heavy atom. The van der Waals surface area contributed by atoms with Crippen molar-refractivity contribution in [2.45, 2.75) is 0 Å². The van der Waals surface area contributed by atoms with E-state index in [0.717, 1.165) is 0 Å². The average Bonchev–Trinajstić information content (AvgIpc) is 2.88. The van der Waals surface area contributed by atoms with Gasteiger partial charge in [-0.3, -0.25) is 4.79 Å². The predicted molar refractivity (Wildman–Crippen MR) is 68.4 cm³/mol. The van der Waals surface area contributed by atoms with Gasteiger partial charge in [0.2, 0.25) is 0 Å². The molecule has 1 heterocycles. The molecular weight excluding hydrogens is 247 g/mol. The van der Waals surface area contributed by atoms with Crippen molar-refractivity contribution in [3.8, 4) is 0 Å². The SMILES string of the molecule is O=C(Nc1ccc(F)cc1)c1ccc2ocnc2c1. The van der Waals surface area contributed by atoms with Crippen LogP contribution in [0, 0.1) is 5.82 Å². The van der Waals surface area contributed by atoms with Crippen LogP contribution in [-0.4, -0.2) is 10.9 Å². The summed E-state index contributed by atoms with van der Waals surface area (Å²) in [5, 5.41) is 2.68. The number of carbonyl (C=O) groups is 1. The highest BCUT2D eigenvalue weighted by molar-refractivity contribution is 6.05. The molecule has 0 radical (unpaired) electrons. The first-order chi connectivity index (χ1) is 9.22. The summed E-state index contributed by atoms with van der Waals surface area (Å²) in [5.74, 6) is -0.626. The molecule has 0 aliphatic carbocycles. The second-order valence-electron chi connectivity index (χ2n) is 4.00. The highest BCUT2D eigenvalue weighted by Gasteiger charge is 2.08. The van der Waals surface area contributed by atoms with Gasteiger partial charge in [0, 0.05) is 11.3 Å². The zero-order valence-corrected chi connectivity index (χ0v) is 9.76. The minimum atomic E-state index is -0.345. The van der Waals surface area contributed by atoms with Gasteiger partial charge in [0.1, 0.15) is 11.3 Å². The van der Waals surface area contributed by atoms with Crippen LogP contribution in [0.5, 0.6) is 0 Å². The number of hydrogen-bond acceptors (Lipinski definition) is 3. The molecule has 0 aliphatic rings. The number of nitrogens with zero attached hydrogens (tertiary/aromatic N) is 1. The standard InChI is InChI=1S/C14H9FN2O2/c15-10-2-4-11(5-3-10)17-14(18)9-1-6-13-12(7-9)16-8-19-13/h1-8H,(H,17,18). The number of oxazole rings is 1. The summed E-state index contributed by atoms with van der Waals surface area (Å²) >= 11 is 0. The van der Waals surface area contributed by atoms with Crippen LogP contribution in [0.2, 0.25) is 0 Å². The molecule has 0 fully saturated rings. The van der Waals surface area contributed by atoms with E-state index in [-0.39, 0.29) is 11.7 Å². The van der Waals surface area contributed by atoms with Gasteiger partial charge in [-0.2, -0.15) is 0 Å².